The van der Waals surface area contributed by atoms with Crippen LogP contribution in [0.1, 0.15) is 27.2 Å². The molecule has 0 aromatic carbocycles. The van der Waals surface area contributed by atoms with Gasteiger partial charge in [0, 0.05) is 18.8 Å². The van der Waals surface area contributed by atoms with Gasteiger partial charge in [0.1, 0.15) is 6.04 Å². The minimum absolute atomic E-state index is 0.159. The quantitative estimate of drug-likeness (QED) is 0.771. The van der Waals surface area contributed by atoms with E-state index in [1.165, 1.54) is 11.8 Å². The average molecular weight is 273 g/mol. The van der Waals surface area contributed by atoms with Crippen LogP contribution in [0.15, 0.2) is 0 Å². The number of thioether (sulfide) groups is 1. The van der Waals surface area contributed by atoms with Gasteiger partial charge in [-0.1, -0.05) is 39.0 Å². The van der Waals surface area contributed by atoms with Crippen LogP contribution in [0.2, 0.25) is 0 Å². The maximum atomic E-state index is 11.7. The van der Waals surface area contributed by atoms with Gasteiger partial charge in [-0.15, -0.1) is 0 Å². The summed E-state index contributed by atoms with van der Waals surface area (Å²) in [5.41, 5.74) is 5.53. The van der Waals surface area contributed by atoms with E-state index in [4.69, 9.17) is 5.73 Å². The van der Waals surface area contributed by atoms with Gasteiger partial charge in [-0.2, -0.15) is 0 Å². The highest BCUT2D eigenvalue weighted by molar-refractivity contribution is 8.13. The van der Waals surface area contributed by atoms with Crippen LogP contribution in [-0.2, 0) is 9.59 Å². The second-order valence-electron chi connectivity index (χ2n) is 4.60. The fraction of sp³-hybridized carbons (Fsp3) is 0.833. The van der Waals surface area contributed by atoms with Crippen LogP contribution in [0, 0.1) is 5.92 Å². The standard InChI is InChI=1S/C12H23N3O2S/c1-4-9(3)11(12(13)17)15(5-2)14-6-7-18-10(16)8-14/h9,11H,4-8H2,1-3H3,(H2,13,17)/t9?,11-/m0/s1. The van der Waals surface area contributed by atoms with Gasteiger partial charge in [-0.05, 0) is 5.92 Å². The van der Waals surface area contributed by atoms with Crippen molar-refractivity contribution < 1.29 is 9.59 Å². The first-order valence-electron chi connectivity index (χ1n) is 6.47. The second-order valence-corrected chi connectivity index (χ2v) is 5.75. The SMILES string of the molecule is CCC(C)[C@@H](C(N)=O)N(CC)N1CCSC(=O)C1. The molecule has 18 heavy (non-hydrogen) atoms. The first kappa shape index (κ1) is 15.5. The van der Waals surface area contributed by atoms with Gasteiger partial charge in [-0.25, -0.2) is 10.0 Å². The van der Waals surface area contributed by atoms with Gasteiger partial charge in [-0.3, -0.25) is 9.59 Å². The lowest BCUT2D eigenvalue weighted by Crippen LogP contribution is -2.58. The van der Waals surface area contributed by atoms with Crippen LogP contribution >= 0.6 is 11.8 Å². The predicted octanol–water partition coefficient (Wildman–Crippen LogP) is 0.699. The van der Waals surface area contributed by atoms with Crippen molar-refractivity contribution in [3.05, 3.63) is 0 Å². The number of primary amides is 1. The third-order valence-corrected chi connectivity index (χ3v) is 4.24. The van der Waals surface area contributed by atoms with Crippen molar-refractivity contribution in [2.75, 3.05) is 25.4 Å². The molecule has 1 amide bonds. The maximum absolute atomic E-state index is 11.7. The largest absolute Gasteiger partial charge is 0.368 e. The monoisotopic (exact) mass is 273 g/mol. The average Bonchev–Trinajstić information content (AvgIpc) is 2.34. The van der Waals surface area contributed by atoms with E-state index in [1.807, 2.05) is 30.8 Å². The van der Waals surface area contributed by atoms with Crippen molar-refractivity contribution in [2.24, 2.45) is 11.7 Å². The minimum Gasteiger partial charge on any atom is -0.368 e. The van der Waals surface area contributed by atoms with Crippen molar-refractivity contribution in [3.63, 3.8) is 0 Å². The van der Waals surface area contributed by atoms with E-state index in [0.29, 0.717) is 13.1 Å². The highest BCUT2D eigenvalue weighted by Crippen LogP contribution is 2.20. The minimum atomic E-state index is -0.323. The predicted molar refractivity (Wildman–Crippen MR) is 73.9 cm³/mol. The Labute approximate surface area is 113 Å². The van der Waals surface area contributed by atoms with Crippen LogP contribution in [0.25, 0.3) is 0 Å². The van der Waals surface area contributed by atoms with Gasteiger partial charge in [0.25, 0.3) is 0 Å². The van der Waals surface area contributed by atoms with E-state index in [0.717, 1.165) is 18.7 Å². The van der Waals surface area contributed by atoms with E-state index in [1.54, 1.807) is 0 Å². The zero-order valence-electron chi connectivity index (χ0n) is 11.4. The smallest absolute Gasteiger partial charge is 0.236 e. The topological polar surface area (TPSA) is 66.6 Å². The summed E-state index contributed by atoms with van der Waals surface area (Å²) < 4.78 is 0. The molecule has 0 radical (unpaired) electrons. The fourth-order valence-corrected chi connectivity index (χ4v) is 3.04. The molecule has 2 N–H and O–H groups in total. The molecule has 0 aliphatic carbocycles. The van der Waals surface area contributed by atoms with E-state index >= 15 is 0 Å². The Bertz CT molecular complexity index is 312. The van der Waals surface area contributed by atoms with E-state index in [2.05, 4.69) is 0 Å². The van der Waals surface area contributed by atoms with Crippen LogP contribution in [-0.4, -0.2) is 52.5 Å². The lowest BCUT2D eigenvalue weighted by atomic mass is 9.98. The molecule has 1 heterocycles. The number of hydrogen-bond acceptors (Lipinski definition) is 5. The number of amides is 1. The summed E-state index contributed by atoms with van der Waals surface area (Å²) in [6.07, 6.45) is 0.890. The number of hydrogen-bond donors (Lipinski definition) is 1. The Balaban J connectivity index is 2.83. The Morgan fingerprint density at radius 3 is 2.67 bits per heavy atom. The van der Waals surface area contributed by atoms with Crippen molar-refractivity contribution in [1.29, 1.82) is 0 Å². The van der Waals surface area contributed by atoms with Gasteiger partial charge >= 0.3 is 0 Å². The molecule has 1 fully saturated rings. The first-order chi connectivity index (χ1) is 8.51. The van der Waals surface area contributed by atoms with E-state index in [9.17, 15) is 9.59 Å². The van der Waals surface area contributed by atoms with Gasteiger partial charge in [0.05, 0.1) is 6.54 Å². The molecule has 0 bridgehead atoms. The Hall–Kier alpha value is -0.590. The molecule has 1 aliphatic rings. The number of rotatable bonds is 6. The summed E-state index contributed by atoms with van der Waals surface area (Å²) in [4.78, 5) is 23.2. The van der Waals surface area contributed by atoms with Crippen LogP contribution in [0.4, 0.5) is 0 Å². The van der Waals surface area contributed by atoms with E-state index < -0.39 is 0 Å². The molecule has 1 unspecified atom stereocenters. The molecule has 6 heteroatoms. The Kier molecular flexibility index (Phi) is 6.11. The fourth-order valence-electron chi connectivity index (χ4n) is 2.27. The molecule has 2 atom stereocenters. The number of carbonyl (C=O) groups is 2. The molecule has 0 aromatic rings. The van der Waals surface area contributed by atoms with Crippen molar-refractivity contribution in [2.45, 2.75) is 33.2 Å². The van der Waals surface area contributed by atoms with Crippen LogP contribution < -0.4 is 5.73 Å². The third-order valence-electron chi connectivity index (χ3n) is 3.41. The summed E-state index contributed by atoms with van der Waals surface area (Å²) in [5.74, 6) is 0.658. The van der Waals surface area contributed by atoms with Crippen molar-refractivity contribution in [3.8, 4) is 0 Å². The number of nitrogens with two attached hydrogens (primary N) is 1. The third kappa shape index (κ3) is 3.70. The molecule has 0 aromatic heterocycles. The highest BCUT2D eigenvalue weighted by atomic mass is 32.2. The number of carbonyl (C=O) groups excluding carboxylic acids is 2. The molecule has 1 aliphatic heterocycles. The molecule has 1 rings (SSSR count). The van der Waals surface area contributed by atoms with Crippen LogP contribution in [0.5, 0.6) is 0 Å². The summed E-state index contributed by atoms with van der Waals surface area (Å²) in [6.45, 7) is 7.92. The zero-order valence-corrected chi connectivity index (χ0v) is 12.2. The first-order valence-corrected chi connectivity index (χ1v) is 7.46. The summed E-state index contributed by atoms with van der Waals surface area (Å²) >= 11 is 1.36. The second kappa shape index (κ2) is 7.11. The molecule has 0 spiro atoms. The number of likely N-dealkylation sites (N-methyl/N-ethyl adjacent to an activating group) is 1. The molecule has 5 nitrogen and oxygen atoms in total. The maximum Gasteiger partial charge on any atom is 0.236 e. The Morgan fingerprint density at radius 1 is 1.56 bits per heavy atom. The lowest BCUT2D eigenvalue weighted by Gasteiger charge is -2.41. The van der Waals surface area contributed by atoms with Crippen molar-refractivity contribution in [1.82, 2.24) is 10.0 Å². The lowest BCUT2D eigenvalue weighted by molar-refractivity contribution is -0.141. The van der Waals surface area contributed by atoms with E-state index in [-0.39, 0.29) is 23.0 Å². The molecule has 1 saturated heterocycles. The Morgan fingerprint density at radius 2 is 2.22 bits per heavy atom. The summed E-state index contributed by atoms with van der Waals surface area (Å²) in [7, 11) is 0. The normalized spacial score (nSPS) is 21.0. The summed E-state index contributed by atoms with van der Waals surface area (Å²) in [6, 6.07) is -0.323. The molecular formula is C12H23N3O2S. The molecular weight excluding hydrogens is 250 g/mol. The summed E-state index contributed by atoms with van der Waals surface area (Å²) in [5, 5.41) is 4.10. The molecule has 104 valence electrons. The molecule has 0 saturated carbocycles. The van der Waals surface area contributed by atoms with Gasteiger partial charge < -0.3 is 5.73 Å². The van der Waals surface area contributed by atoms with Crippen LogP contribution in [0.3, 0.4) is 0 Å². The van der Waals surface area contributed by atoms with Crippen molar-refractivity contribution >= 4 is 22.8 Å². The number of nitrogens with zero attached hydrogens (tertiary/aromatic N) is 2. The van der Waals surface area contributed by atoms with Gasteiger partial charge in [0.15, 0.2) is 0 Å². The number of hydrazine groups is 1. The highest BCUT2D eigenvalue weighted by Gasteiger charge is 2.33. The zero-order chi connectivity index (χ0) is 13.7. The van der Waals surface area contributed by atoms with Gasteiger partial charge in [0.2, 0.25) is 11.0 Å².